The Kier molecular flexibility index (Phi) is 7.41. The van der Waals surface area contributed by atoms with E-state index in [4.69, 9.17) is 0 Å². The first-order valence-corrected chi connectivity index (χ1v) is 9.19. The van der Waals surface area contributed by atoms with Gasteiger partial charge in [0.25, 0.3) is 0 Å². The molecule has 1 aromatic rings. The average Bonchev–Trinajstić information content (AvgIpc) is 2.64. The molecule has 2 aliphatic rings. The van der Waals surface area contributed by atoms with Crippen LogP contribution in [0, 0.1) is 11.7 Å². The van der Waals surface area contributed by atoms with Crippen LogP contribution >= 0.6 is 12.4 Å². The van der Waals surface area contributed by atoms with Crippen LogP contribution in [0.3, 0.4) is 0 Å². The van der Waals surface area contributed by atoms with E-state index < -0.39 is 0 Å². The minimum absolute atomic E-state index is 0. The summed E-state index contributed by atoms with van der Waals surface area (Å²) in [6.45, 7) is 4.63. The van der Waals surface area contributed by atoms with Crippen molar-refractivity contribution < 1.29 is 14.0 Å². The van der Waals surface area contributed by atoms with Crippen molar-refractivity contribution in [2.75, 3.05) is 25.0 Å². The largest absolute Gasteiger partial charge is 0.343 e. The van der Waals surface area contributed by atoms with Crippen molar-refractivity contribution in [2.45, 2.75) is 45.6 Å². The lowest BCUT2D eigenvalue weighted by Crippen LogP contribution is -2.41. The molecule has 1 fully saturated rings. The van der Waals surface area contributed by atoms with Crippen LogP contribution in [0.5, 0.6) is 0 Å². The van der Waals surface area contributed by atoms with Crippen molar-refractivity contribution >= 4 is 29.9 Å². The van der Waals surface area contributed by atoms with Gasteiger partial charge in [-0.25, -0.2) is 4.39 Å². The smallest absolute Gasteiger partial charge is 0.227 e. The normalized spacial score (nSPS) is 17.2. The summed E-state index contributed by atoms with van der Waals surface area (Å²) in [5, 5.41) is 5.98. The first-order valence-electron chi connectivity index (χ1n) is 9.19. The van der Waals surface area contributed by atoms with Gasteiger partial charge in [0.2, 0.25) is 11.8 Å². The van der Waals surface area contributed by atoms with Crippen LogP contribution in [0.1, 0.15) is 43.7 Å². The third-order valence-electron chi connectivity index (χ3n) is 5.15. The van der Waals surface area contributed by atoms with Crippen molar-refractivity contribution in [3.8, 4) is 0 Å². The third-order valence-corrected chi connectivity index (χ3v) is 5.15. The van der Waals surface area contributed by atoms with E-state index in [0.29, 0.717) is 50.9 Å². The lowest BCUT2D eigenvalue weighted by Gasteiger charge is -2.31. The zero-order chi connectivity index (χ0) is 17.8. The lowest BCUT2D eigenvalue weighted by molar-refractivity contribution is -0.134. The number of hydrogen-bond acceptors (Lipinski definition) is 3. The van der Waals surface area contributed by atoms with Gasteiger partial charge in [0.1, 0.15) is 5.82 Å². The highest BCUT2D eigenvalue weighted by atomic mass is 35.5. The zero-order valence-electron chi connectivity index (χ0n) is 15.1. The Morgan fingerprint density at radius 2 is 2.04 bits per heavy atom. The van der Waals surface area contributed by atoms with Crippen LogP contribution in [0.4, 0.5) is 10.1 Å². The number of likely N-dealkylation sites (tertiary alicyclic amines) is 1. The molecule has 1 aromatic carbocycles. The number of amides is 2. The van der Waals surface area contributed by atoms with Crippen LogP contribution < -0.4 is 10.6 Å². The van der Waals surface area contributed by atoms with Crippen LogP contribution in [-0.4, -0.2) is 36.3 Å². The van der Waals surface area contributed by atoms with Crippen LogP contribution in [-0.2, 0) is 22.6 Å². The summed E-state index contributed by atoms with van der Waals surface area (Å²) in [6, 6.07) is 3.53. The average molecular weight is 384 g/mol. The van der Waals surface area contributed by atoms with Gasteiger partial charge in [-0.2, -0.15) is 0 Å². The van der Waals surface area contributed by atoms with E-state index in [9.17, 15) is 14.0 Å². The van der Waals surface area contributed by atoms with E-state index in [1.165, 1.54) is 0 Å². The van der Waals surface area contributed by atoms with Gasteiger partial charge in [-0.3, -0.25) is 9.59 Å². The molecule has 0 aliphatic carbocycles. The second kappa shape index (κ2) is 9.33. The summed E-state index contributed by atoms with van der Waals surface area (Å²) in [7, 11) is 0. The highest BCUT2D eigenvalue weighted by Gasteiger charge is 2.28. The highest BCUT2D eigenvalue weighted by molar-refractivity contribution is 5.93. The van der Waals surface area contributed by atoms with Gasteiger partial charge < -0.3 is 15.5 Å². The minimum atomic E-state index is -0.303. The van der Waals surface area contributed by atoms with Gasteiger partial charge in [-0.05, 0) is 49.4 Å². The summed E-state index contributed by atoms with van der Waals surface area (Å²) in [4.78, 5) is 26.2. The number of carbonyl (C=O) groups excluding carboxylic acids is 2. The maximum Gasteiger partial charge on any atom is 0.227 e. The van der Waals surface area contributed by atoms with Crippen molar-refractivity contribution in [2.24, 2.45) is 5.92 Å². The molecule has 2 N–H and O–H groups in total. The first-order chi connectivity index (χ1) is 12.1. The number of anilines is 1. The second-order valence-electron chi connectivity index (χ2n) is 6.89. The quantitative estimate of drug-likeness (QED) is 0.840. The Balaban J connectivity index is 0.00000243. The molecule has 0 aromatic heterocycles. The van der Waals surface area contributed by atoms with E-state index in [1.54, 1.807) is 6.07 Å². The summed E-state index contributed by atoms with van der Waals surface area (Å²) >= 11 is 0. The van der Waals surface area contributed by atoms with E-state index >= 15 is 0 Å². The molecule has 0 unspecified atom stereocenters. The Morgan fingerprint density at radius 3 is 2.73 bits per heavy atom. The fraction of sp³-hybridized carbons (Fsp3) is 0.579. The van der Waals surface area contributed by atoms with E-state index in [2.05, 4.69) is 10.6 Å². The monoisotopic (exact) mass is 383 g/mol. The summed E-state index contributed by atoms with van der Waals surface area (Å²) in [6.07, 6.45) is 3.32. The second-order valence-corrected chi connectivity index (χ2v) is 6.89. The standard InChI is InChI=1S/C19H26FN3O2.ClH/c1-2-3-17(24)23-10-7-13(8-11-23)19(25)22-16-5-4-14-12-21-9-6-15(14)18(16)20;/h4-5,13,21H,2-3,6-12H2,1H3,(H,22,25);1H. The molecule has 2 amide bonds. The van der Waals surface area contributed by atoms with Crippen molar-refractivity contribution in [3.63, 3.8) is 0 Å². The molecule has 1 saturated heterocycles. The summed E-state index contributed by atoms with van der Waals surface area (Å²) in [5.41, 5.74) is 1.94. The molecular formula is C19H27ClFN3O2. The molecule has 0 atom stereocenters. The number of rotatable bonds is 4. The van der Waals surface area contributed by atoms with Gasteiger partial charge in [0.05, 0.1) is 5.69 Å². The Morgan fingerprint density at radius 1 is 1.31 bits per heavy atom. The Labute approximate surface area is 160 Å². The minimum Gasteiger partial charge on any atom is -0.343 e. The topological polar surface area (TPSA) is 61.4 Å². The lowest BCUT2D eigenvalue weighted by atomic mass is 9.95. The number of hydrogen-bond donors (Lipinski definition) is 2. The molecule has 26 heavy (non-hydrogen) atoms. The molecule has 144 valence electrons. The van der Waals surface area contributed by atoms with Gasteiger partial charge in [0.15, 0.2) is 0 Å². The molecule has 0 saturated carbocycles. The third kappa shape index (κ3) is 4.54. The molecule has 0 bridgehead atoms. The van der Waals surface area contributed by atoms with Crippen molar-refractivity contribution in [1.29, 1.82) is 0 Å². The summed E-state index contributed by atoms with van der Waals surface area (Å²) < 4.78 is 14.6. The highest BCUT2D eigenvalue weighted by Crippen LogP contribution is 2.26. The molecule has 5 nitrogen and oxygen atoms in total. The summed E-state index contributed by atoms with van der Waals surface area (Å²) in [5.74, 6) is -0.447. The van der Waals surface area contributed by atoms with Gasteiger partial charge in [-0.1, -0.05) is 13.0 Å². The number of nitrogens with one attached hydrogen (secondary N) is 2. The maximum absolute atomic E-state index is 14.6. The fourth-order valence-electron chi connectivity index (χ4n) is 3.63. The maximum atomic E-state index is 14.6. The molecular weight excluding hydrogens is 357 g/mol. The van der Waals surface area contributed by atoms with Crippen LogP contribution in [0.2, 0.25) is 0 Å². The van der Waals surface area contributed by atoms with Gasteiger partial charge in [-0.15, -0.1) is 12.4 Å². The van der Waals surface area contributed by atoms with Gasteiger partial charge >= 0.3 is 0 Å². The molecule has 0 radical (unpaired) electrons. The molecule has 3 rings (SSSR count). The predicted molar refractivity (Wildman–Crippen MR) is 102 cm³/mol. The zero-order valence-corrected chi connectivity index (χ0v) is 16.0. The van der Waals surface area contributed by atoms with Crippen LogP contribution in [0.15, 0.2) is 12.1 Å². The number of benzene rings is 1. The molecule has 2 aliphatic heterocycles. The van der Waals surface area contributed by atoms with Crippen molar-refractivity contribution in [3.05, 3.63) is 29.1 Å². The first kappa shape index (κ1) is 20.6. The SMILES string of the molecule is CCCC(=O)N1CCC(C(=O)Nc2ccc3c(c2F)CCNC3)CC1.Cl. The van der Waals surface area contributed by atoms with E-state index in [-0.39, 0.29) is 41.6 Å². The fourth-order valence-corrected chi connectivity index (χ4v) is 3.63. The predicted octanol–water partition coefficient (Wildman–Crippen LogP) is 2.87. The molecule has 2 heterocycles. The van der Waals surface area contributed by atoms with Crippen LogP contribution in [0.25, 0.3) is 0 Å². The Hall–Kier alpha value is -1.66. The molecule has 0 spiro atoms. The number of halogens is 2. The number of nitrogens with zero attached hydrogens (tertiary/aromatic N) is 1. The van der Waals surface area contributed by atoms with Crippen molar-refractivity contribution in [1.82, 2.24) is 10.2 Å². The van der Waals surface area contributed by atoms with E-state index in [0.717, 1.165) is 18.5 Å². The number of piperidine rings is 1. The Bertz CT molecular complexity index is 660. The number of fused-ring (bicyclic) bond motifs is 1. The van der Waals surface area contributed by atoms with E-state index in [1.807, 2.05) is 17.9 Å². The molecule has 7 heteroatoms. The number of carbonyl (C=O) groups is 2. The van der Waals surface area contributed by atoms with Gasteiger partial charge in [0, 0.05) is 32.0 Å².